The van der Waals surface area contributed by atoms with E-state index in [0.29, 0.717) is 0 Å². The average molecular weight is 831 g/mol. The third-order valence-corrected chi connectivity index (χ3v) is 11.5. The van der Waals surface area contributed by atoms with Gasteiger partial charge < -0.3 is 9.72 Å². The van der Waals surface area contributed by atoms with Crippen LogP contribution in [0.3, 0.4) is 0 Å². The van der Waals surface area contributed by atoms with Crippen molar-refractivity contribution in [3.8, 4) is 39.3 Å². The molecule has 9 rings (SSSR count). The molecular formula is C61H54N2O. The van der Waals surface area contributed by atoms with E-state index in [4.69, 9.17) is 9.73 Å². The Morgan fingerprint density at radius 3 is 1.95 bits per heavy atom. The van der Waals surface area contributed by atoms with Crippen LogP contribution in [-0.4, -0.2) is 17.8 Å². The molecule has 7 aromatic rings. The van der Waals surface area contributed by atoms with Crippen LogP contribution in [0, 0.1) is 6.92 Å². The summed E-state index contributed by atoms with van der Waals surface area (Å²) in [5.41, 5.74) is 20.3. The van der Waals surface area contributed by atoms with Crippen molar-refractivity contribution >= 4 is 28.0 Å². The molecule has 0 atom stereocenters. The zero-order valence-corrected chi connectivity index (χ0v) is 37.4. The highest BCUT2D eigenvalue weighted by Gasteiger charge is 2.27. The van der Waals surface area contributed by atoms with E-state index in [0.717, 1.165) is 90.6 Å². The standard InChI is InChI=1S/C59H48N2O.C2H6/c1-5-13-41(3)42-22-28-47(29-23-42)53-38-55(49-20-18-40(2)19-21-49)60-58(53)57(51-34-36-52(62-4)37-35-51)59-54(48-30-24-45(25-31-48)44-16-11-8-12-17-44)39-56(61-59)50-32-26-46(27-33-50)43-14-9-6-7-10-15-43;1-2/h5-6,8-39,61H,3,7H2,1-2,4H3;1-2H3/b13-5-,58-57-;. The number of allylic oxidation sites excluding steroid dienone is 11. The first-order valence-electron chi connectivity index (χ1n) is 22.2. The number of nitrogens with one attached hydrogen (secondary N) is 1. The van der Waals surface area contributed by atoms with E-state index < -0.39 is 0 Å². The van der Waals surface area contributed by atoms with Gasteiger partial charge in [-0.2, -0.15) is 0 Å². The molecule has 64 heavy (non-hydrogen) atoms. The zero-order valence-electron chi connectivity index (χ0n) is 37.4. The molecule has 0 amide bonds. The molecule has 1 aliphatic carbocycles. The van der Waals surface area contributed by atoms with E-state index in [-0.39, 0.29) is 0 Å². The van der Waals surface area contributed by atoms with E-state index in [1.165, 1.54) is 27.8 Å². The van der Waals surface area contributed by atoms with Crippen molar-refractivity contribution < 1.29 is 4.74 Å². The molecule has 0 unspecified atom stereocenters. The van der Waals surface area contributed by atoms with Crippen LogP contribution in [0.5, 0.6) is 5.75 Å². The zero-order chi connectivity index (χ0) is 44.4. The first kappa shape index (κ1) is 42.9. The van der Waals surface area contributed by atoms with E-state index >= 15 is 0 Å². The Labute approximate surface area is 379 Å². The maximum Gasteiger partial charge on any atom is 0.118 e. The molecule has 2 heterocycles. The van der Waals surface area contributed by atoms with Crippen molar-refractivity contribution in [2.75, 3.05) is 7.11 Å². The number of aliphatic imine (C=N–C) groups is 1. The number of methoxy groups -OCH3 is 1. The van der Waals surface area contributed by atoms with Gasteiger partial charge in [0.05, 0.1) is 24.2 Å². The lowest BCUT2D eigenvalue weighted by atomic mass is 9.90. The third kappa shape index (κ3) is 9.35. The van der Waals surface area contributed by atoms with Crippen molar-refractivity contribution in [1.82, 2.24) is 4.98 Å². The minimum atomic E-state index is 0.791. The summed E-state index contributed by atoms with van der Waals surface area (Å²) in [7, 11) is 1.71. The number of aryl methyl sites for hydroxylation is 1. The lowest BCUT2D eigenvalue weighted by Gasteiger charge is -2.16. The molecule has 314 valence electrons. The summed E-state index contributed by atoms with van der Waals surface area (Å²) in [6, 6.07) is 56.3. The molecule has 3 heteroatoms. The first-order valence-corrected chi connectivity index (χ1v) is 22.2. The molecule has 0 radical (unpaired) electrons. The van der Waals surface area contributed by atoms with Gasteiger partial charge in [-0.1, -0.05) is 208 Å². The van der Waals surface area contributed by atoms with Crippen molar-refractivity contribution in [3.05, 3.63) is 258 Å². The second-order valence-corrected chi connectivity index (χ2v) is 15.7. The summed E-state index contributed by atoms with van der Waals surface area (Å²) in [5.74, 6) is 0.791. The third-order valence-electron chi connectivity index (χ3n) is 11.5. The molecule has 0 spiro atoms. The SMILES string of the molecule is C=C(/C=C\C)c1ccc(C2=CC(c3ccc(C)cc3)=N/C2=C(/c2ccc(OC)cc2)c2[nH]c(-c3ccc(C4=CC=CCC=C4)cc3)cc2-c2ccc(-c3ccccc3)cc2)cc1.CC. The molecule has 0 saturated carbocycles. The van der Waals surface area contributed by atoms with Crippen molar-refractivity contribution in [3.63, 3.8) is 0 Å². The summed E-state index contributed by atoms with van der Waals surface area (Å²) in [6.07, 6.45) is 18.2. The van der Waals surface area contributed by atoms with E-state index in [1.54, 1.807) is 7.11 Å². The van der Waals surface area contributed by atoms with Crippen LogP contribution in [0.1, 0.15) is 66.3 Å². The van der Waals surface area contributed by atoms with Crippen LogP contribution in [0.4, 0.5) is 0 Å². The lowest BCUT2D eigenvalue weighted by Crippen LogP contribution is -1.98. The molecule has 1 aliphatic heterocycles. The Hall–Kier alpha value is -7.75. The van der Waals surface area contributed by atoms with Gasteiger partial charge in [0.2, 0.25) is 0 Å². The fourth-order valence-electron chi connectivity index (χ4n) is 8.14. The van der Waals surface area contributed by atoms with E-state index in [2.05, 4.69) is 201 Å². The van der Waals surface area contributed by atoms with Gasteiger partial charge in [0, 0.05) is 28.0 Å². The number of ether oxygens (including phenoxy) is 1. The van der Waals surface area contributed by atoms with Crippen LogP contribution in [-0.2, 0) is 0 Å². The maximum absolute atomic E-state index is 5.68. The van der Waals surface area contributed by atoms with Gasteiger partial charge in [-0.3, -0.25) is 0 Å². The summed E-state index contributed by atoms with van der Waals surface area (Å²) >= 11 is 0. The second-order valence-electron chi connectivity index (χ2n) is 15.7. The summed E-state index contributed by atoms with van der Waals surface area (Å²) in [4.78, 5) is 9.56. The largest absolute Gasteiger partial charge is 0.497 e. The molecule has 0 fully saturated rings. The topological polar surface area (TPSA) is 37.4 Å². The Bertz CT molecular complexity index is 2960. The number of aromatic nitrogens is 1. The number of aromatic amines is 1. The van der Waals surface area contributed by atoms with E-state index in [1.807, 2.05) is 45.1 Å². The molecule has 0 bridgehead atoms. The molecular weight excluding hydrogens is 777 g/mol. The highest BCUT2D eigenvalue weighted by Crippen LogP contribution is 2.44. The Morgan fingerprint density at radius 2 is 1.27 bits per heavy atom. The summed E-state index contributed by atoms with van der Waals surface area (Å²) in [6.45, 7) is 12.4. The Kier molecular flexibility index (Phi) is 13.4. The maximum atomic E-state index is 5.68. The fraction of sp³-hybridized carbons (Fsp3) is 0.0984. The molecule has 3 nitrogen and oxygen atoms in total. The van der Waals surface area contributed by atoms with E-state index in [9.17, 15) is 0 Å². The van der Waals surface area contributed by atoms with Crippen LogP contribution in [0.25, 0.3) is 55.8 Å². The van der Waals surface area contributed by atoms with Crippen LogP contribution >= 0.6 is 0 Å². The highest BCUT2D eigenvalue weighted by atomic mass is 16.5. The number of rotatable bonds is 11. The van der Waals surface area contributed by atoms with Gasteiger partial charge in [0.1, 0.15) is 5.75 Å². The van der Waals surface area contributed by atoms with Crippen LogP contribution < -0.4 is 4.74 Å². The normalized spacial score (nSPS) is 14.0. The van der Waals surface area contributed by atoms with Gasteiger partial charge in [-0.25, -0.2) is 4.99 Å². The molecule has 2 aliphatic rings. The predicted octanol–water partition coefficient (Wildman–Crippen LogP) is 16.2. The fourth-order valence-corrected chi connectivity index (χ4v) is 8.14. The quantitative estimate of drug-likeness (QED) is 0.130. The van der Waals surface area contributed by atoms with Gasteiger partial charge in [-0.15, -0.1) is 0 Å². The van der Waals surface area contributed by atoms with Crippen molar-refractivity contribution in [2.45, 2.75) is 34.1 Å². The Morgan fingerprint density at radius 1 is 0.656 bits per heavy atom. The molecule has 1 aromatic heterocycles. The van der Waals surface area contributed by atoms with Crippen molar-refractivity contribution in [1.29, 1.82) is 0 Å². The van der Waals surface area contributed by atoms with Gasteiger partial charge in [0.25, 0.3) is 0 Å². The minimum absolute atomic E-state index is 0.791. The van der Waals surface area contributed by atoms with Gasteiger partial charge >= 0.3 is 0 Å². The van der Waals surface area contributed by atoms with Crippen LogP contribution in [0.2, 0.25) is 0 Å². The van der Waals surface area contributed by atoms with Gasteiger partial charge in [-0.05, 0) is 100 Å². The summed E-state index contributed by atoms with van der Waals surface area (Å²) < 4.78 is 5.68. The minimum Gasteiger partial charge on any atom is -0.497 e. The van der Waals surface area contributed by atoms with Crippen molar-refractivity contribution in [2.24, 2.45) is 4.99 Å². The smallest absolute Gasteiger partial charge is 0.118 e. The van der Waals surface area contributed by atoms with Gasteiger partial charge in [0.15, 0.2) is 0 Å². The monoisotopic (exact) mass is 830 g/mol. The first-order chi connectivity index (χ1) is 31.4. The highest BCUT2D eigenvalue weighted by molar-refractivity contribution is 6.20. The molecule has 1 N–H and O–H groups in total. The summed E-state index contributed by atoms with van der Waals surface area (Å²) in [5, 5.41) is 0. The average Bonchev–Trinajstić information content (AvgIpc) is 3.89. The number of hydrogen-bond acceptors (Lipinski definition) is 2. The molecule has 0 saturated heterocycles. The number of H-pyrrole nitrogens is 1. The number of benzene rings is 6. The lowest BCUT2D eigenvalue weighted by molar-refractivity contribution is 0.415. The second kappa shape index (κ2) is 20.0. The number of nitrogens with zero attached hydrogens (tertiary/aromatic N) is 1. The number of hydrogen-bond donors (Lipinski definition) is 1. The predicted molar refractivity (Wildman–Crippen MR) is 274 cm³/mol. The molecule has 6 aromatic carbocycles. The van der Waals surface area contributed by atoms with Crippen LogP contribution in [0.15, 0.2) is 224 Å². The Balaban J connectivity index is 0.00000276.